The molecule has 0 radical (unpaired) electrons. The molecule has 2 aromatic rings. The van der Waals surface area contributed by atoms with Gasteiger partial charge in [-0.1, -0.05) is 6.07 Å². The Kier molecular flexibility index (Phi) is 3.36. The van der Waals surface area contributed by atoms with E-state index >= 15 is 0 Å². The molecule has 102 valence electrons. The van der Waals surface area contributed by atoms with Gasteiger partial charge < -0.3 is 0 Å². The molecule has 19 heavy (non-hydrogen) atoms. The van der Waals surface area contributed by atoms with Crippen molar-refractivity contribution in [2.24, 2.45) is 0 Å². The minimum Gasteiger partial charge on any atom is -0.264 e. The first kappa shape index (κ1) is 14.0. The van der Waals surface area contributed by atoms with Gasteiger partial charge in [-0.15, -0.1) is 0 Å². The van der Waals surface area contributed by atoms with Crippen molar-refractivity contribution in [1.82, 2.24) is 9.71 Å². The maximum absolute atomic E-state index is 12.4. The quantitative estimate of drug-likeness (QED) is 0.918. The highest BCUT2D eigenvalue weighted by atomic mass is 32.2. The minimum absolute atomic E-state index is 0.274. The average Bonchev–Trinajstić information content (AvgIpc) is 2.26. The lowest BCUT2D eigenvalue weighted by molar-refractivity contribution is 0.492. The third kappa shape index (κ3) is 2.93. The highest BCUT2D eigenvalue weighted by Gasteiger charge is 2.24. The van der Waals surface area contributed by atoms with Crippen LogP contribution in [0, 0.1) is 6.92 Å². The second kappa shape index (κ2) is 4.58. The number of fused-ring (bicyclic) bond motifs is 1. The number of benzene rings is 1. The molecule has 1 heterocycles. The van der Waals surface area contributed by atoms with Crippen LogP contribution >= 0.6 is 0 Å². The standard InChI is InChI=1S/C14H18N2O2S/c1-10-5-6-13(12-9-15-8-7-11(10)12)19(17,18)16-14(2,3)4/h5-9,16H,1-4H3. The van der Waals surface area contributed by atoms with E-state index in [0.29, 0.717) is 5.39 Å². The summed E-state index contributed by atoms with van der Waals surface area (Å²) in [5.74, 6) is 0. The van der Waals surface area contributed by atoms with Gasteiger partial charge in [-0.25, -0.2) is 13.1 Å². The number of nitrogens with zero attached hydrogens (tertiary/aromatic N) is 1. The zero-order valence-electron chi connectivity index (χ0n) is 11.6. The summed E-state index contributed by atoms with van der Waals surface area (Å²) in [6.45, 7) is 7.41. The smallest absolute Gasteiger partial charge is 0.241 e. The van der Waals surface area contributed by atoms with E-state index in [1.807, 2.05) is 39.8 Å². The van der Waals surface area contributed by atoms with Gasteiger partial charge in [-0.3, -0.25) is 4.98 Å². The van der Waals surface area contributed by atoms with Crippen molar-refractivity contribution in [2.45, 2.75) is 38.1 Å². The first-order valence-corrected chi connectivity index (χ1v) is 7.56. The third-order valence-electron chi connectivity index (χ3n) is 2.73. The highest BCUT2D eigenvalue weighted by molar-refractivity contribution is 7.89. The molecule has 0 unspecified atom stereocenters. The van der Waals surface area contributed by atoms with Gasteiger partial charge in [0.25, 0.3) is 0 Å². The number of rotatable bonds is 2. The molecule has 0 atom stereocenters. The molecule has 5 heteroatoms. The van der Waals surface area contributed by atoms with Crippen molar-refractivity contribution >= 4 is 20.8 Å². The molecule has 0 saturated heterocycles. The molecule has 1 N–H and O–H groups in total. The predicted octanol–water partition coefficient (Wildman–Crippen LogP) is 2.62. The summed E-state index contributed by atoms with van der Waals surface area (Å²) >= 11 is 0. The number of pyridine rings is 1. The fraction of sp³-hybridized carbons (Fsp3) is 0.357. The van der Waals surface area contributed by atoms with Gasteiger partial charge in [-0.05, 0) is 50.8 Å². The van der Waals surface area contributed by atoms with Crippen LogP contribution in [0.15, 0.2) is 35.5 Å². The van der Waals surface area contributed by atoms with Gasteiger partial charge in [0.1, 0.15) is 0 Å². The highest BCUT2D eigenvalue weighted by Crippen LogP contribution is 2.25. The first-order chi connectivity index (χ1) is 8.71. The van der Waals surface area contributed by atoms with Crippen LogP contribution in [0.5, 0.6) is 0 Å². The van der Waals surface area contributed by atoms with E-state index in [9.17, 15) is 8.42 Å². The molecular formula is C14H18N2O2S. The minimum atomic E-state index is -3.55. The number of aryl methyl sites for hydroxylation is 1. The summed E-state index contributed by atoms with van der Waals surface area (Å²) in [6.07, 6.45) is 3.27. The van der Waals surface area contributed by atoms with E-state index in [0.717, 1.165) is 10.9 Å². The van der Waals surface area contributed by atoms with Crippen LogP contribution in [0.4, 0.5) is 0 Å². The molecule has 4 nitrogen and oxygen atoms in total. The van der Waals surface area contributed by atoms with Crippen LogP contribution in [-0.4, -0.2) is 18.9 Å². The van der Waals surface area contributed by atoms with Crippen molar-refractivity contribution in [3.63, 3.8) is 0 Å². The Hall–Kier alpha value is -1.46. The van der Waals surface area contributed by atoms with Crippen LogP contribution in [0.3, 0.4) is 0 Å². The Morgan fingerprint density at radius 3 is 2.42 bits per heavy atom. The van der Waals surface area contributed by atoms with Crippen molar-refractivity contribution in [2.75, 3.05) is 0 Å². The molecular weight excluding hydrogens is 260 g/mol. The van der Waals surface area contributed by atoms with Crippen LogP contribution in [0.25, 0.3) is 10.8 Å². The van der Waals surface area contributed by atoms with E-state index in [-0.39, 0.29) is 4.90 Å². The van der Waals surface area contributed by atoms with Gasteiger partial charge in [0.2, 0.25) is 10.0 Å². The number of hydrogen-bond donors (Lipinski definition) is 1. The Labute approximate surface area is 113 Å². The largest absolute Gasteiger partial charge is 0.264 e. The number of nitrogens with one attached hydrogen (secondary N) is 1. The summed E-state index contributed by atoms with van der Waals surface area (Å²) < 4.78 is 27.5. The molecule has 0 aliphatic rings. The maximum atomic E-state index is 12.4. The van der Waals surface area contributed by atoms with Crippen molar-refractivity contribution < 1.29 is 8.42 Å². The Morgan fingerprint density at radius 2 is 1.79 bits per heavy atom. The van der Waals surface area contributed by atoms with E-state index in [2.05, 4.69) is 9.71 Å². The summed E-state index contributed by atoms with van der Waals surface area (Å²) in [4.78, 5) is 4.31. The lowest BCUT2D eigenvalue weighted by Gasteiger charge is -2.21. The molecule has 0 aliphatic heterocycles. The molecule has 0 saturated carbocycles. The van der Waals surface area contributed by atoms with Crippen LogP contribution in [0.2, 0.25) is 0 Å². The molecule has 0 amide bonds. The molecule has 1 aromatic carbocycles. The normalized spacial score (nSPS) is 12.8. The Balaban J connectivity index is 2.67. The van der Waals surface area contributed by atoms with Crippen LogP contribution in [-0.2, 0) is 10.0 Å². The first-order valence-electron chi connectivity index (χ1n) is 6.08. The Morgan fingerprint density at radius 1 is 1.11 bits per heavy atom. The predicted molar refractivity (Wildman–Crippen MR) is 76.6 cm³/mol. The van der Waals surface area contributed by atoms with Crippen molar-refractivity contribution in [3.8, 4) is 0 Å². The fourth-order valence-corrected chi connectivity index (χ4v) is 3.62. The zero-order valence-corrected chi connectivity index (χ0v) is 12.4. The SMILES string of the molecule is Cc1ccc(S(=O)(=O)NC(C)(C)C)c2cnccc12. The lowest BCUT2D eigenvalue weighted by atomic mass is 10.1. The average molecular weight is 278 g/mol. The van der Waals surface area contributed by atoms with Crippen molar-refractivity contribution in [3.05, 3.63) is 36.2 Å². The van der Waals surface area contributed by atoms with E-state index in [4.69, 9.17) is 0 Å². The molecule has 0 aliphatic carbocycles. The molecule has 2 rings (SSSR count). The summed E-state index contributed by atoms with van der Waals surface area (Å²) in [7, 11) is -3.55. The van der Waals surface area contributed by atoms with E-state index < -0.39 is 15.6 Å². The zero-order chi connectivity index (χ0) is 14.3. The summed E-state index contributed by atoms with van der Waals surface area (Å²) in [6, 6.07) is 5.29. The van der Waals surface area contributed by atoms with E-state index in [1.165, 1.54) is 0 Å². The monoisotopic (exact) mass is 278 g/mol. The van der Waals surface area contributed by atoms with Crippen LogP contribution in [0.1, 0.15) is 26.3 Å². The third-order valence-corrected chi connectivity index (χ3v) is 4.54. The van der Waals surface area contributed by atoms with Gasteiger partial charge in [0, 0.05) is 23.3 Å². The van der Waals surface area contributed by atoms with Crippen molar-refractivity contribution in [1.29, 1.82) is 0 Å². The van der Waals surface area contributed by atoms with Crippen LogP contribution < -0.4 is 4.72 Å². The summed E-state index contributed by atoms with van der Waals surface area (Å²) in [5.41, 5.74) is 0.519. The van der Waals surface area contributed by atoms with Gasteiger partial charge in [-0.2, -0.15) is 0 Å². The topological polar surface area (TPSA) is 59.1 Å². The van der Waals surface area contributed by atoms with Gasteiger partial charge >= 0.3 is 0 Å². The Bertz CT molecular complexity index is 716. The van der Waals surface area contributed by atoms with E-state index in [1.54, 1.807) is 18.5 Å². The number of hydrogen-bond acceptors (Lipinski definition) is 3. The second-order valence-electron chi connectivity index (χ2n) is 5.66. The fourth-order valence-electron chi connectivity index (χ4n) is 2.01. The summed E-state index contributed by atoms with van der Waals surface area (Å²) in [5, 5.41) is 1.56. The molecule has 0 spiro atoms. The second-order valence-corrected chi connectivity index (χ2v) is 7.31. The number of sulfonamides is 1. The number of aromatic nitrogens is 1. The maximum Gasteiger partial charge on any atom is 0.241 e. The molecule has 1 aromatic heterocycles. The lowest BCUT2D eigenvalue weighted by Crippen LogP contribution is -2.40. The van der Waals surface area contributed by atoms with Gasteiger partial charge in [0.05, 0.1) is 4.90 Å². The van der Waals surface area contributed by atoms with Gasteiger partial charge in [0.15, 0.2) is 0 Å². The molecule has 0 fully saturated rings. The molecule has 0 bridgehead atoms.